The van der Waals surface area contributed by atoms with Crippen molar-refractivity contribution in [1.29, 1.82) is 0 Å². The van der Waals surface area contributed by atoms with E-state index in [0.717, 1.165) is 11.3 Å². The average molecular weight is 486 g/mol. The molecule has 11 heteroatoms. The molecule has 2 N–H and O–H groups in total. The Morgan fingerprint density at radius 3 is 2.67 bits per heavy atom. The van der Waals surface area contributed by atoms with E-state index in [-0.39, 0.29) is 40.5 Å². The van der Waals surface area contributed by atoms with Crippen LogP contribution in [0.4, 0.5) is 0 Å². The van der Waals surface area contributed by atoms with Crippen molar-refractivity contribution in [3.8, 4) is 17.4 Å². The highest BCUT2D eigenvalue weighted by atomic mass is 35.5. The van der Waals surface area contributed by atoms with Gasteiger partial charge in [0.25, 0.3) is 0 Å². The molecular weight excluding hydrogens is 469 g/mol. The average Bonchev–Trinajstić information content (AvgIpc) is 3.24. The van der Waals surface area contributed by atoms with Gasteiger partial charge in [0, 0.05) is 19.2 Å². The number of halogens is 2. The maximum absolute atomic E-state index is 12.4. The summed E-state index contributed by atoms with van der Waals surface area (Å²) in [6.07, 6.45) is 3.38. The van der Waals surface area contributed by atoms with Gasteiger partial charge in [-0.3, -0.25) is 9.78 Å². The van der Waals surface area contributed by atoms with Crippen LogP contribution in [0, 0.1) is 6.92 Å². The molecule has 0 radical (unpaired) electrons. The highest BCUT2D eigenvalue weighted by Crippen LogP contribution is 2.33. The number of hydrogen-bond donors (Lipinski definition) is 2. The quantitative estimate of drug-likeness (QED) is 0.392. The van der Waals surface area contributed by atoms with E-state index in [1.54, 1.807) is 24.4 Å². The smallest absolute Gasteiger partial charge is 0.315 e. The number of nitrogens with zero attached hydrogens (tertiary/aromatic N) is 4. The summed E-state index contributed by atoms with van der Waals surface area (Å²) in [5.74, 6) is 0.317. The molecule has 2 aromatic carbocycles. The molecule has 0 fully saturated rings. The van der Waals surface area contributed by atoms with Crippen molar-refractivity contribution in [2.24, 2.45) is 0 Å². The lowest BCUT2D eigenvalue weighted by Crippen LogP contribution is -2.23. The second kappa shape index (κ2) is 9.85. The first-order chi connectivity index (χ1) is 15.9. The molecule has 33 heavy (non-hydrogen) atoms. The summed E-state index contributed by atoms with van der Waals surface area (Å²) >= 11 is 11.9. The number of carbonyl (C=O) groups is 1. The first-order valence-corrected chi connectivity index (χ1v) is 10.5. The largest absolute Gasteiger partial charge is 0.505 e. The van der Waals surface area contributed by atoms with Crippen molar-refractivity contribution in [3.05, 3.63) is 87.4 Å². The Morgan fingerprint density at radius 2 is 1.91 bits per heavy atom. The second-order valence-electron chi connectivity index (χ2n) is 7.03. The highest BCUT2D eigenvalue weighted by Gasteiger charge is 2.16. The van der Waals surface area contributed by atoms with Crippen molar-refractivity contribution < 1.29 is 19.2 Å². The molecule has 4 rings (SSSR count). The molecule has 4 aromatic rings. The number of aromatic nitrogens is 4. The molecule has 1 amide bonds. The van der Waals surface area contributed by atoms with E-state index < -0.39 is 5.91 Å². The molecule has 0 aliphatic heterocycles. The van der Waals surface area contributed by atoms with Crippen molar-refractivity contribution in [3.63, 3.8) is 0 Å². The molecule has 9 nitrogen and oxygen atoms in total. The van der Waals surface area contributed by atoms with Crippen LogP contribution in [0.15, 0.2) is 53.3 Å². The van der Waals surface area contributed by atoms with E-state index in [2.05, 4.69) is 25.4 Å². The Kier molecular flexibility index (Phi) is 6.71. The fourth-order valence-corrected chi connectivity index (χ4v) is 3.44. The van der Waals surface area contributed by atoms with Crippen molar-refractivity contribution in [2.45, 2.75) is 19.9 Å². The van der Waals surface area contributed by atoms with Crippen molar-refractivity contribution in [2.75, 3.05) is 0 Å². The fourth-order valence-electron chi connectivity index (χ4n) is 2.91. The number of ether oxygens (including phenoxy) is 1. The Hall–Kier alpha value is -3.69. The molecule has 0 bridgehead atoms. The number of aromatic hydroxyl groups is 1. The predicted octanol–water partition coefficient (Wildman–Crippen LogP) is 4.49. The van der Waals surface area contributed by atoms with Gasteiger partial charge in [-0.15, -0.1) is 0 Å². The summed E-state index contributed by atoms with van der Waals surface area (Å²) in [4.78, 5) is 24.8. The van der Waals surface area contributed by atoms with Crippen molar-refractivity contribution >= 4 is 29.1 Å². The molecule has 0 spiro atoms. The molecule has 0 unspecified atom stereocenters. The monoisotopic (exact) mass is 485 g/mol. The van der Waals surface area contributed by atoms with Gasteiger partial charge in [0.1, 0.15) is 5.75 Å². The normalized spacial score (nSPS) is 10.8. The number of carbonyl (C=O) groups excluding carboxylic acids is 1. The van der Waals surface area contributed by atoms with Gasteiger partial charge < -0.3 is 19.7 Å². The minimum absolute atomic E-state index is 0.111. The summed E-state index contributed by atoms with van der Waals surface area (Å²) in [6.45, 7) is 2.04. The number of aryl methyl sites for hydroxylation is 1. The maximum Gasteiger partial charge on any atom is 0.315 e. The van der Waals surface area contributed by atoms with Crippen LogP contribution in [0.3, 0.4) is 0 Å². The lowest BCUT2D eigenvalue weighted by molar-refractivity contribution is 0.0907. The summed E-state index contributed by atoms with van der Waals surface area (Å²) < 4.78 is 10.8. The van der Waals surface area contributed by atoms with Crippen LogP contribution in [0.5, 0.6) is 17.4 Å². The van der Waals surface area contributed by atoms with Crippen LogP contribution in [0.25, 0.3) is 0 Å². The van der Waals surface area contributed by atoms with Crippen molar-refractivity contribution in [1.82, 2.24) is 25.4 Å². The highest BCUT2D eigenvalue weighted by molar-refractivity contribution is 6.37. The Labute approximate surface area is 198 Å². The van der Waals surface area contributed by atoms with Crippen LogP contribution < -0.4 is 10.1 Å². The number of amides is 1. The zero-order valence-corrected chi connectivity index (χ0v) is 18.8. The number of phenolic OH excluding ortho intramolecular Hbond substituents is 1. The van der Waals surface area contributed by atoms with Gasteiger partial charge in [-0.05, 0) is 42.3 Å². The SMILES string of the molecule is Cc1cncc(Oc2cccc(CNC(=O)c3nc(Cc4cc(Cl)c(O)c(Cl)c4)no3)c2)n1. The van der Waals surface area contributed by atoms with Gasteiger partial charge >= 0.3 is 11.8 Å². The molecule has 0 atom stereocenters. The molecule has 0 aliphatic rings. The van der Waals surface area contributed by atoms with Crippen LogP contribution >= 0.6 is 23.2 Å². The summed E-state index contributed by atoms with van der Waals surface area (Å²) in [5, 5.41) is 16.4. The lowest BCUT2D eigenvalue weighted by Gasteiger charge is -2.07. The second-order valence-corrected chi connectivity index (χ2v) is 7.85. The maximum atomic E-state index is 12.4. The molecule has 0 saturated heterocycles. The van der Waals surface area contributed by atoms with E-state index in [1.165, 1.54) is 18.3 Å². The molecule has 2 aromatic heterocycles. The van der Waals surface area contributed by atoms with Gasteiger partial charge in [0.2, 0.25) is 5.88 Å². The van der Waals surface area contributed by atoms with Gasteiger partial charge in [0.15, 0.2) is 11.6 Å². The summed E-state index contributed by atoms with van der Waals surface area (Å²) in [7, 11) is 0. The fraction of sp³-hybridized carbons (Fsp3) is 0.136. The molecule has 0 aliphatic carbocycles. The Bertz CT molecular complexity index is 1290. The third-order valence-electron chi connectivity index (χ3n) is 4.41. The van der Waals surface area contributed by atoms with Gasteiger partial charge in [-0.25, -0.2) is 4.98 Å². The van der Waals surface area contributed by atoms with E-state index in [9.17, 15) is 9.90 Å². The number of nitrogens with one attached hydrogen (secondary N) is 1. The number of hydrogen-bond acceptors (Lipinski definition) is 8. The third kappa shape index (κ3) is 5.76. The zero-order chi connectivity index (χ0) is 23.4. The minimum Gasteiger partial charge on any atom is -0.505 e. The topological polar surface area (TPSA) is 123 Å². The standard InChI is InChI=1S/C22H17Cl2N5O4/c1-12-9-25-11-19(27-12)32-15-4-2-3-13(5-15)10-26-21(31)22-28-18(29-33-22)8-14-6-16(23)20(30)17(24)7-14/h2-7,9,11,30H,8,10H2,1H3,(H,26,31). The van der Waals surface area contributed by atoms with E-state index in [4.69, 9.17) is 32.5 Å². The first kappa shape index (κ1) is 22.5. The number of phenols is 1. The molecule has 0 saturated carbocycles. The zero-order valence-electron chi connectivity index (χ0n) is 17.2. The minimum atomic E-state index is -0.522. The van der Waals surface area contributed by atoms with E-state index in [0.29, 0.717) is 17.2 Å². The molecular formula is C22H17Cl2N5O4. The van der Waals surface area contributed by atoms with Gasteiger partial charge in [-0.1, -0.05) is 40.5 Å². The third-order valence-corrected chi connectivity index (χ3v) is 4.98. The molecule has 2 heterocycles. The Morgan fingerprint density at radius 1 is 1.12 bits per heavy atom. The lowest BCUT2D eigenvalue weighted by atomic mass is 10.1. The summed E-state index contributed by atoms with van der Waals surface area (Å²) in [6, 6.07) is 10.3. The van der Waals surface area contributed by atoms with Gasteiger partial charge in [-0.2, -0.15) is 4.98 Å². The van der Waals surface area contributed by atoms with Crippen LogP contribution in [-0.2, 0) is 13.0 Å². The van der Waals surface area contributed by atoms with Gasteiger partial charge in [0.05, 0.1) is 21.9 Å². The van der Waals surface area contributed by atoms with Crippen LogP contribution in [0.1, 0.15) is 33.3 Å². The Balaban J connectivity index is 1.36. The first-order valence-electron chi connectivity index (χ1n) is 9.70. The molecule has 168 valence electrons. The van der Waals surface area contributed by atoms with E-state index in [1.807, 2.05) is 13.0 Å². The van der Waals surface area contributed by atoms with E-state index >= 15 is 0 Å². The van der Waals surface area contributed by atoms with Crippen LogP contribution in [0.2, 0.25) is 10.0 Å². The summed E-state index contributed by atoms with van der Waals surface area (Å²) in [5.41, 5.74) is 2.20. The number of rotatable bonds is 7. The van der Waals surface area contributed by atoms with Crippen LogP contribution in [-0.4, -0.2) is 31.1 Å². The number of benzene rings is 2. The predicted molar refractivity (Wildman–Crippen MR) is 120 cm³/mol.